The standard InChI is InChI=1S/C19H23BrN2S/c1-5-18(16-8-6-12(2)10-13(16)3)22-19(23)21-15-7-9-17(20)14(4)11-15/h6-11,18H,5H2,1-4H3,(H2,21,22,23)/t18-/m0/s1. The number of halogens is 1. The number of benzene rings is 2. The Hall–Kier alpha value is -1.39. The third kappa shape index (κ3) is 4.79. The quantitative estimate of drug-likeness (QED) is 0.643. The van der Waals surface area contributed by atoms with Gasteiger partial charge in [-0.2, -0.15) is 0 Å². The molecule has 0 aliphatic heterocycles. The van der Waals surface area contributed by atoms with Crippen LogP contribution in [0.2, 0.25) is 0 Å². The van der Waals surface area contributed by atoms with Gasteiger partial charge in [0, 0.05) is 10.2 Å². The van der Waals surface area contributed by atoms with Crippen molar-refractivity contribution in [3.8, 4) is 0 Å². The Morgan fingerprint density at radius 1 is 1.09 bits per heavy atom. The lowest BCUT2D eigenvalue weighted by atomic mass is 9.98. The van der Waals surface area contributed by atoms with Crippen LogP contribution in [0.15, 0.2) is 40.9 Å². The second-order valence-electron chi connectivity index (χ2n) is 5.88. The molecule has 2 N–H and O–H groups in total. The van der Waals surface area contributed by atoms with Crippen LogP contribution in [0.25, 0.3) is 0 Å². The number of hydrogen-bond acceptors (Lipinski definition) is 1. The first-order chi connectivity index (χ1) is 10.9. The smallest absolute Gasteiger partial charge is 0.171 e. The Morgan fingerprint density at radius 2 is 1.83 bits per heavy atom. The summed E-state index contributed by atoms with van der Waals surface area (Å²) in [6.07, 6.45) is 0.977. The van der Waals surface area contributed by atoms with Crippen LogP contribution in [0.4, 0.5) is 5.69 Å². The van der Waals surface area contributed by atoms with Crippen molar-refractivity contribution >= 4 is 38.9 Å². The van der Waals surface area contributed by atoms with E-state index in [2.05, 4.69) is 78.5 Å². The number of nitrogens with one attached hydrogen (secondary N) is 2. The third-order valence-electron chi connectivity index (χ3n) is 3.93. The molecule has 122 valence electrons. The molecule has 0 fully saturated rings. The number of hydrogen-bond donors (Lipinski definition) is 2. The van der Waals surface area contributed by atoms with Gasteiger partial charge in [-0.15, -0.1) is 0 Å². The molecule has 0 spiro atoms. The first kappa shape index (κ1) is 18.0. The van der Waals surface area contributed by atoms with Gasteiger partial charge in [0.1, 0.15) is 0 Å². The zero-order chi connectivity index (χ0) is 17.0. The Labute approximate surface area is 152 Å². The highest BCUT2D eigenvalue weighted by molar-refractivity contribution is 9.10. The molecule has 2 aromatic carbocycles. The van der Waals surface area contributed by atoms with E-state index >= 15 is 0 Å². The highest BCUT2D eigenvalue weighted by Crippen LogP contribution is 2.23. The number of aryl methyl sites for hydroxylation is 3. The van der Waals surface area contributed by atoms with Crippen LogP contribution >= 0.6 is 28.1 Å². The summed E-state index contributed by atoms with van der Waals surface area (Å²) in [5.41, 5.74) is 6.06. The van der Waals surface area contributed by atoms with Gasteiger partial charge in [0.25, 0.3) is 0 Å². The van der Waals surface area contributed by atoms with E-state index in [1.807, 2.05) is 12.1 Å². The molecule has 2 aromatic rings. The summed E-state index contributed by atoms with van der Waals surface area (Å²) in [6, 6.07) is 12.9. The number of anilines is 1. The van der Waals surface area contributed by atoms with Crippen molar-refractivity contribution in [2.75, 3.05) is 5.32 Å². The van der Waals surface area contributed by atoms with Gasteiger partial charge in [-0.05, 0) is 74.3 Å². The average molecular weight is 391 g/mol. The van der Waals surface area contributed by atoms with E-state index in [9.17, 15) is 0 Å². The summed E-state index contributed by atoms with van der Waals surface area (Å²) in [5, 5.41) is 7.36. The Bertz CT molecular complexity index is 713. The second-order valence-corrected chi connectivity index (χ2v) is 7.15. The van der Waals surface area contributed by atoms with Crippen LogP contribution in [0, 0.1) is 20.8 Å². The Morgan fingerprint density at radius 3 is 2.43 bits per heavy atom. The van der Waals surface area contributed by atoms with Crippen molar-refractivity contribution in [3.05, 3.63) is 63.1 Å². The molecule has 0 radical (unpaired) electrons. The van der Waals surface area contributed by atoms with Crippen LogP contribution in [0.1, 0.15) is 41.6 Å². The van der Waals surface area contributed by atoms with Crippen LogP contribution in [0.3, 0.4) is 0 Å². The SMILES string of the molecule is CC[C@H](NC(=S)Nc1ccc(Br)c(C)c1)c1ccc(C)cc1C. The summed E-state index contributed by atoms with van der Waals surface area (Å²) < 4.78 is 1.10. The van der Waals surface area contributed by atoms with Gasteiger partial charge in [-0.1, -0.05) is 46.6 Å². The summed E-state index contributed by atoms with van der Waals surface area (Å²) in [4.78, 5) is 0. The van der Waals surface area contributed by atoms with Crippen LogP contribution < -0.4 is 10.6 Å². The first-order valence-corrected chi connectivity index (χ1v) is 9.01. The van der Waals surface area contributed by atoms with E-state index in [4.69, 9.17) is 12.2 Å². The molecule has 0 saturated heterocycles. The molecular formula is C19H23BrN2S. The van der Waals surface area contributed by atoms with Crippen molar-refractivity contribution in [2.45, 2.75) is 40.2 Å². The van der Waals surface area contributed by atoms with E-state index in [1.165, 1.54) is 22.3 Å². The lowest BCUT2D eigenvalue weighted by Crippen LogP contribution is -2.32. The monoisotopic (exact) mass is 390 g/mol. The fourth-order valence-corrected chi connectivity index (χ4v) is 3.17. The molecule has 2 rings (SSSR count). The summed E-state index contributed by atoms with van der Waals surface area (Å²) in [6.45, 7) is 8.51. The molecule has 4 heteroatoms. The van der Waals surface area contributed by atoms with Gasteiger partial charge < -0.3 is 10.6 Å². The summed E-state index contributed by atoms with van der Waals surface area (Å²) in [5.74, 6) is 0. The minimum atomic E-state index is 0.215. The van der Waals surface area contributed by atoms with E-state index in [-0.39, 0.29) is 6.04 Å². The Kier molecular flexibility index (Phi) is 6.19. The van der Waals surface area contributed by atoms with Gasteiger partial charge >= 0.3 is 0 Å². The highest BCUT2D eigenvalue weighted by Gasteiger charge is 2.13. The molecule has 2 nitrogen and oxygen atoms in total. The maximum Gasteiger partial charge on any atom is 0.171 e. The summed E-state index contributed by atoms with van der Waals surface area (Å²) in [7, 11) is 0. The molecular weight excluding hydrogens is 368 g/mol. The zero-order valence-corrected chi connectivity index (χ0v) is 16.4. The van der Waals surface area contributed by atoms with Gasteiger partial charge in [0.05, 0.1) is 6.04 Å². The van der Waals surface area contributed by atoms with Gasteiger partial charge in [0.2, 0.25) is 0 Å². The highest BCUT2D eigenvalue weighted by atomic mass is 79.9. The van der Waals surface area contributed by atoms with E-state index in [1.54, 1.807) is 0 Å². The number of rotatable bonds is 4. The largest absolute Gasteiger partial charge is 0.356 e. The molecule has 0 heterocycles. The van der Waals surface area contributed by atoms with Crippen LogP contribution in [0.5, 0.6) is 0 Å². The second kappa shape index (κ2) is 7.93. The molecule has 0 unspecified atom stereocenters. The van der Waals surface area contributed by atoms with Gasteiger partial charge in [-0.3, -0.25) is 0 Å². The van der Waals surface area contributed by atoms with Crippen molar-refractivity contribution in [3.63, 3.8) is 0 Å². The van der Waals surface area contributed by atoms with Gasteiger partial charge in [-0.25, -0.2) is 0 Å². The van der Waals surface area contributed by atoms with Crippen molar-refractivity contribution in [1.29, 1.82) is 0 Å². The molecule has 0 aromatic heterocycles. The molecule has 0 bridgehead atoms. The maximum absolute atomic E-state index is 5.49. The van der Waals surface area contributed by atoms with Crippen molar-refractivity contribution in [1.82, 2.24) is 5.32 Å². The maximum atomic E-state index is 5.49. The van der Waals surface area contributed by atoms with Crippen molar-refractivity contribution in [2.24, 2.45) is 0 Å². The predicted molar refractivity (Wildman–Crippen MR) is 107 cm³/mol. The van der Waals surface area contributed by atoms with Gasteiger partial charge in [0.15, 0.2) is 5.11 Å². The average Bonchev–Trinajstić information content (AvgIpc) is 2.49. The topological polar surface area (TPSA) is 24.1 Å². The van der Waals surface area contributed by atoms with Crippen LogP contribution in [-0.2, 0) is 0 Å². The molecule has 23 heavy (non-hydrogen) atoms. The van der Waals surface area contributed by atoms with Crippen LogP contribution in [-0.4, -0.2) is 5.11 Å². The fraction of sp³-hybridized carbons (Fsp3) is 0.316. The molecule has 0 saturated carbocycles. The number of thiocarbonyl (C=S) groups is 1. The molecule has 0 amide bonds. The van der Waals surface area contributed by atoms with E-state index in [0.717, 1.165) is 16.6 Å². The fourth-order valence-electron chi connectivity index (χ4n) is 2.66. The lowest BCUT2D eigenvalue weighted by Gasteiger charge is -2.22. The minimum Gasteiger partial charge on any atom is -0.356 e. The normalized spacial score (nSPS) is 11.9. The molecule has 1 atom stereocenters. The third-order valence-corrected chi connectivity index (χ3v) is 5.04. The predicted octanol–water partition coefficient (Wildman–Crippen LogP) is 5.81. The van der Waals surface area contributed by atoms with E-state index < -0.39 is 0 Å². The van der Waals surface area contributed by atoms with Crippen molar-refractivity contribution < 1.29 is 0 Å². The lowest BCUT2D eigenvalue weighted by molar-refractivity contribution is 0.625. The zero-order valence-electron chi connectivity index (χ0n) is 14.0. The first-order valence-electron chi connectivity index (χ1n) is 7.81. The minimum absolute atomic E-state index is 0.215. The molecule has 0 aliphatic rings. The molecule has 0 aliphatic carbocycles. The summed E-state index contributed by atoms with van der Waals surface area (Å²) >= 11 is 9.00. The Balaban J connectivity index is 2.08. The van der Waals surface area contributed by atoms with E-state index in [0.29, 0.717) is 5.11 Å².